The van der Waals surface area contributed by atoms with Gasteiger partial charge in [0.05, 0.1) is 25.3 Å². The van der Waals surface area contributed by atoms with Crippen molar-refractivity contribution in [3.63, 3.8) is 0 Å². The molecule has 0 radical (unpaired) electrons. The van der Waals surface area contributed by atoms with E-state index in [4.69, 9.17) is 18.9 Å². The Morgan fingerprint density at radius 1 is 0.972 bits per heavy atom. The van der Waals surface area contributed by atoms with Crippen LogP contribution in [0.3, 0.4) is 0 Å². The van der Waals surface area contributed by atoms with E-state index in [0.29, 0.717) is 33.9 Å². The molecule has 182 valence electrons. The van der Waals surface area contributed by atoms with Crippen molar-refractivity contribution in [1.82, 2.24) is 4.57 Å². The van der Waals surface area contributed by atoms with E-state index in [1.807, 2.05) is 24.4 Å². The van der Waals surface area contributed by atoms with E-state index in [2.05, 4.69) is 11.5 Å². The van der Waals surface area contributed by atoms with Gasteiger partial charge in [-0.2, -0.15) is 0 Å². The lowest BCUT2D eigenvalue weighted by Gasteiger charge is -2.08. The number of carbonyl (C=O) groups excluding carboxylic acids is 2. The summed E-state index contributed by atoms with van der Waals surface area (Å²) in [7, 11) is 3.18. The quantitative estimate of drug-likeness (QED) is 0.195. The van der Waals surface area contributed by atoms with E-state index in [1.54, 1.807) is 63.6 Å². The van der Waals surface area contributed by atoms with Crippen molar-refractivity contribution in [2.75, 3.05) is 14.2 Å². The molecule has 1 aromatic heterocycles. The number of allylic oxidation sites excluding steroid dienone is 1. The third-order valence-corrected chi connectivity index (χ3v) is 6.23. The predicted octanol–water partition coefficient (Wildman–Crippen LogP) is 5.82. The van der Waals surface area contributed by atoms with E-state index in [-0.39, 0.29) is 11.5 Å². The summed E-state index contributed by atoms with van der Waals surface area (Å²) in [6.07, 6.45) is 3.74. The van der Waals surface area contributed by atoms with Gasteiger partial charge in [-0.05, 0) is 74.0 Å². The van der Waals surface area contributed by atoms with Gasteiger partial charge in [0.15, 0.2) is 5.76 Å². The Bertz CT molecular complexity index is 1530. The lowest BCUT2D eigenvalue weighted by Crippen LogP contribution is -2.08. The zero-order chi connectivity index (χ0) is 25.4. The van der Waals surface area contributed by atoms with Crippen LogP contribution in [0.1, 0.15) is 38.8 Å². The van der Waals surface area contributed by atoms with Gasteiger partial charge in [-0.15, -0.1) is 0 Å². The van der Waals surface area contributed by atoms with Gasteiger partial charge < -0.3 is 23.5 Å². The topological polar surface area (TPSA) is 76.0 Å². The lowest BCUT2D eigenvalue weighted by molar-refractivity contribution is 0.0734. The van der Waals surface area contributed by atoms with E-state index in [1.165, 1.54) is 0 Å². The molecule has 0 bridgehead atoms. The van der Waals surface area contributed by atoms with Crippen molar-refractivity contribution in [3.05, 3.63) is 88.8 Å². The fourth-order valence-corrected chi connectivity index (χ4v) is 4.38. The Balaban J connectivity index is 1.45. The van der Waals surface area contributed by atoms with Crippen LogP contribution in [0.5, 0.6) is 23.0 Å². The molecule has 0 spiro atoms. The SMILES string of the molecule is CCn1cc(/C=C2\Oc3cc(OC(=O)c4ccc(OC)cc4)cc(C)c3C2=O)c2cc(OC)ccc21. The summed E-state index contributed by atoms with van der Waals surface area (Å²) in [6, 6.07) is 15.7. The number of ketones is 1. The molecule has 0 N–H and O–H groups in total. The highest BCUT2D eigenvalue weighted by Crippen LogP contribution is 2.38. The number of nitrogens with zero attached hydrogens (tertiary/aromatic N) is 1. The summed E-state index contributed by atoms with van der Waals surface area (Å²) in [5, 5.41) is 0.960. The van der Waals surface area contributed by atoms with Crippen LogP contribution in [0, 0.1) is 6.92 Å². The Hall–Kier alpha value is -4.52. The minimum Gasteiger partial charge on any atom is -0.497 e. The fourth-order valence-electron chi connectivity index (χ4n) is 4.38. The molecule has 0 saturated heterocycles. The summed E-state index contributed by atoms with van der Waals surface area (Å²) in [4.78, 5) is 25.8. The molecule has 3 aromatic carbocycles. The normalized spacial score (nSPS) is 13.6. The molecule has 7 heteroatoms. The number of methoxy groups -OCH3 is 2. The Morgan fingerprint density at radius 2 is 1.69 bits per heavy atom. The number of ether oxygens (including phenoxy) is 4. The highest BCUT2D eigenvalue weighted by atomic mass is 16.5. The Kier molecular flexibility index (Phi) is 5.98. The number of Topliss-reactive ketones (excluding diaryl/α,β-unsaturated/α-hetero) is 1. The zero-order valence-corrected chi connectivity index (χ0v) is 20.5. The number of aromatic nitrogens is 1. The summed E-state index contributed by atoms with van der Waals surface area (Å²) in [6.45, 7) is 4.64. The van der Waals surface area contributed by atoms with Crippen LogP contribution in [-0.4, -0.2) is 30.5 Å². The minimum atomic E-state index is -0.515. The van der Waals surface area contributed by atoms with E-state index in [9.17, 15) is 9.59 Å². The number of rotatable bonds is 6. The molecule has 0 saturated carbocycles. The van der Waals surface area contributed by atoms with E-state index < -0.39 is 5.97 Å². The van der Waals surface area contributed by atoms with Crippen LogP contribution >= 0.6 is 0 Å². The molecule has 36 heavy (non-hydrogen) atoms. The molecule has 1 aliphatic heterocycles. The number of benzene rings is 3. The third kappa shape index (κ3) is 4.09. The highest BCUT2D eigenvalue weighted by molar-refractivity contribution is 6.16. The van der Waals surface area contributed by atoms with Crippen LogP contribution in [0.15, 0.2) is 66.6 Å². The van der Waals surface area contributed by atoms with Crippen LogP contribution in [0.2, 0.25) is 0 Å². The summed E-state index contributed by atoms with van der Waals surface area (Å²) in [5.41, 5.74) is 3.40. The molecule has 0 aliphatic carbocycles. The number of hydrogen-bond donors (Lipinski definition) is 0. The first kappa shape index (κ1) is 23.2. The van der Waals surface area contributed by atoms with Crippen LogP contribution < -0.4 is 18.9 Å². The Morgan fingerprint density at radius 3 is 2.39 bits per heavy atom. The van der Waals surface area contributed by atoms with Crippen LogP contribution in [0.4, 0.5) is 0 Å². The van der Waals surface area contributed by atoms with Gasteiger partial charge in [-0.25, -0.2) is 4.79 Å². The molecular weight excluding hydrogens is 458 g/mol. The van der Waals surface area contributed by atoms with E-state index in [0.717, 1.165) is 28.8 Å². The van der Waals surface area contributed by atoms with E-state index >= 15 is 0 Å². The minimum absolute atomic E-state index is 0.212. The number of fused-ring (bicyclic) bond motifs is 2. The second-order valence-corrected chi connectivity index (χ2v) is 8.42. The van der Waals surface area contributed by atoms with Gasteiger partial charge in [0.25, 0.3) is 0 Å². The first-order chi connectivity index (χ1) is 17.4. The van der Waals surface area contributed by atoms with Crippen LogP contribution in [-0.2, 0) is 6.54 Å². The van der Waals surface area contributed by atoms with Crippen molar-refractivity contribution in [2.24, 2.45) is 0 Å². The highest BCUT2D eigenvalue weighted by Gasteiger charge is 2.30. The third-order valence-electron chi connectivity index (χ3n) is 6.23. The molecule has 0 amide bonds. The lowest BCUT2D eigenvalue weighted by atomic mass is 10.0. The maximum Gasteiger partial charge on any atom is 0.343 e. The van der Waals surface area contributed by atoms with Gasteiger partial charge in [0.2, 0.25) is 5.78 Å². The van der Waals surface area contributed by atoms with Crippen molar-refractivity contribution in [1.29, 1.82) is 0 Å². The van der Waals surface area contributed by atoms with Gasteiger partial charge >= 0.3 is 5.97 Å². The monoisotopic (exact) mass is 483 g/mol. The second-order valence-electron chi connectivity index (χ2n) is 8.42. The zero-order valence-electron chi connectivity index (χ0n) is 20.5. The Labute approximate surface area is 208 Å². The van der Waals surface area contributed by atoms with Crippen molar-refractivity contribution < 1.29 is 28.5 Å². The average molecular weight is 484 g/mol. The summed E-state index contributed by atoms with van der Waals surface area (Å²) in [5.74, 6) is 1.52. The van der Waals surface area contributed by atoms with Crippen LogP contribution in [0.25, 0.3) is 17.0 Å². The largest absolute Gasteiger partial charge is 0.497 e. The molecule has 4 aromatic rings. The van der Waals surface area contributed by atoms with Crippen molar-refractivity contribution in [2.45, 2.75) is 20.4 Å². The van der Waals surface area contributed by atoms with Gasteiger partial charge in [0, 0.05) is 35.3 Å². The van der Waals surface area contributed by atoms with Gasteiger partial charge in [-0.3, -0.25) is 4.79 Å². The smallest absolute Gasteiger partial charge is 0.343 e. The molecule has 2 heterocycles. The molecule has 0 atom stereocenters. The predicted molar refractivity (Wildman–Crippen MR) is 136 cm³/mol. The maximum absolute atomic E-state index is 13.2. The number of esters is 1. The molecule has 0 unspecified atom stereocenters. The summed E-state index contributed by atoms with van der Waals surface area (Å²) >= 11 is 0. The average Bonchev–Trinajstić information content (AvgIpc) is 3.40. The fraction of sp³-hybridized carbons (Fsp3) is 0.172. The number of hydrogen-bond acceptors (Lipinski definition) is 6. The second kappa shape index (κ2) is 9.26. The first-order valence-corrected chi connectivity index (χ1v) is 11.5. The standard InChI is InChI=1S/C29H25NO6/c1-5-30-16-19(23-14-21(34-4)10-11-24(23)30)13-26-28(31)27-17(2)12-22(15-25(27)36-26)35-29(32)18-6-8-20(33-3)9-7-18/h6-16H,5H2,1-4H3/b26-13-. The van der Waals surface area contributed by atoms with Crippen molar-refractivity contribution in [3.8, 4) is 23.0 Å². The summed E-state index contributed by atoms with van der Waals surface area (Å²) < 4.78 is 24.2. The molecule has 0 fully saturated rings. The number of aryl methyl sites for hydroxylation is 2. The molecular formula is C29H25NO6. The van der Waals surface area contributed by atoms with Gasteiger partial charge in [-0.1, -0.05) is 0 Å². The van der Waals surface area contributed by atoms with Crippen molar-refractivity contribution >= 4 is 28.7 Å². The molecule has 7 nitrogen and oxygen atoms in total. The maximum atomic E-state index is 13.2. The molecule has 1 aliphatic rings. The first-order valence-electron chi connectivity index (χ1n) is 11.5. The number of carbonyl (C=O) groups is 2. The molecule has 5 rings (SSSR count). The van der Waals surface area contributed by atoms with Gasteiger partial charge in [0.1, 0.15) is 23.0 Å².